The van der Waals surface area contributed by atoms with Crippen molar-refractivity contribution in [2.45, 2.75) is 6.54 Å². The van der Waals surface area contributed by atoms with E-state index in [0.717, 1.165) is 11.3 Å². The SMILES string of the molecule is N#Cc1ccc(C[N+](=O)[O-])s1. The van der Waals surface area contributed by atoms with Crippen molar-refractivity contribution in [3.8, 4) is 6.07 Å². The summed E-state index contributed by atoms with van der Waals surface area (Å²) in [7, 11) is 0. The molecule has 0 saturated carbocycles. The molecule has 0 atom stereocenters. The lowest BCUT2D eigenvalue weighted by molar-refractivity contribution is -0.496. The highest BCUT2D eigenvalue weighted by atomic mass is 32.1. The van der Waals surface area contributed by atoms with Gasteiger partial charge in [-0.05, 0) is 12.1 Å². The summed E-state index contributed by atoms with van der Waals surface area (Å²) in [5, 5.41) is 18.4. The first-order valence-corrected chi connectivity index (χ1v) is 3.64. The van der Waals surface area contributed by atoms with Crippen LogP contribution in [0.4, 0.5) is 0 Å². The molecular weight excluding hydrogens is 164 g/mol. The van der Waals surface area contributed by atoms with E-state index >= 15 is 0 Å². The molecule has 0 unspecified atom stereocenters. The Hall–Kier alpha value is -1.41. The molecule has 1 aromatic heterocycles. The van der Waals surface area contributed by atoms with Gasteiger partial charge in [-0.2, -0.15) is 5.26 Å². The van der Waals surface area contributed by atoms with Gasteiger partial charge in [0.1, 0.15) is 10.9 Å². The molecule has 0 amide bonds. The molecule has 0 fully saturated rings. The lowest BCUT2D eigenvalue weighted by Gasteiger charge is -1.84. The van der Waals surface area contributed by atoms with Crippen LogP contribution in [-0.4, -0.2) is 4.92 Å². The third-order valence-corrected chi connectivity index (χ3v) is 2.03. The summed E-state index contributed by atoms with van der Waals surface area (Å²) in [6.07, 6.45) is 0. The maximum Gasteiger partial charge on any atom is 0.237 e. The lowest BCUT2D eigenvalue weighted by atomic mass is 10.4. The van der Waals surface area contributed by atoms with Crippen LogP contribution in [0.2, 0.25) is 0 Å². The van der Waals surface area contributed by atoms with Crippen LogP contribution in [0.1, 0.15) is 9.75 Å². The van der Waals surface area contributed by atoms with E-state index < -0.39 is 4.92 Å². The average Bonchev–Trinajstić information content (AvgIpc) is 2.34. The van der Waals surface area contributed by atoms with Gasteiger partial charge in [-0.3, -0.25) is 10.1 Å². The van der Waals surface area contributed by atoms with Crippen LogP contribution in [0, 0.1) is 21.4 Å². The molecule has 0 bridgehead atoms. The molecule has 0 spiro atoms. The Labute approximate surface area is 66.8 Å². The summed E-state index contributed by atoms with van der Waals surface area (Å²) in [6, 6.07) is 5.11. The zero-order valence-corrected chi connectivity index (χ0v) is 6.30. The molecule has 1 aromatic rings. The molecule has 0 radical (unpaired) electrons. The number of hydrogen-bond acceptors (Lipinski definition) is 4. The van der Waals surface area contributed by atoms with E-state index in [1.54, 1.807) is 12.1 Å². The molecule has 1 heterocycles. The summed E-state index contributed by atoms with van der Waals surface area (Å²) in [4.78, 5) is 10.7. The Morgan fingerprint density at radius 3 is 2.91 bits per heavy atom. The Balaban J connectivity index is 2.75. The first kappa shape index (κ1) is 7.69. The van der Waals surface area contributed by atoms with Crippen molar-refractivity contribution in [2.75, 3.05) is 0 Å². The van der Waals surface area contributed by atoms with Crippen molar-refractivity contribution in [1.82, 2.24) is 0 Å². The highest BCUT2D eigenvalue weighted by molar-refractivity contribution is 7.12. The van der Waals surface area contributed by atoms with E-state index in [2.05, 4.69) is 0 Å². The summed E-state index contributed by atoms with van der Waals surface area (Å²) < 4.78 is 0. The van der Waals surface area contributed by atoms with Gasteiger partial charge in [0.2, 0.25) is 6.54 Å². The zero-order chi connectivity index (χ0) is 8.27. The van der Waals surface area contributed by atoms with E-state index in [1.165, 1.54) is 0 Å². The molecule has 0 N–H and O–H groups in total. The normalized spacial score (nSPS) is 9.00. The molecule has 0 aliphatic heterocycles. The maximum atomic E-state index is 10.00. The predicted octanol–water partition coefficient (Wildman–Crippen LogP) is 1.40. The van der Waals surface area contributed by atoms with Crippen LogP contribution in [-0.2, 0) is 6.54 Å². The van der Waals surface area contributed by atoms with Crippen molar-refractivity contribution in [3.63, 3.8) is 0 Å². The van der Waals surface area contributed by atoms with E-state index in [0.29, 0.717) is 9.75 Å². The smallest absolute Gasteiger partial charge is 0.237 e. The monoisotopic (exact) mass is 168 g/mol. The minimum Gasteiger partial charge on any atom is -0.264 e. The first-order valence-electron chi connectivity index (χ1n) is 2.83. The van der Waals surface area contributed by atoms with Crippen molar-refractivity contribution in [2.24, 2.45) is 0 Å². The third-order valence-electron chi connectivity index (χ3n) is 1.06. The largest absolute Gasteiger partial charge is 0.264 e. The molecule has 4 nitrogen and oxygen atoms in total. The number of nitriles is 1. The predicted molar refractivity (Wildman–Crippen MR) is 39.7 cm³/mol. The Morgan fingerprint density at radius 2 is 2.45 bits per heavy atom. The quantitative estimate of drug-likeness (QED) is 0.495. The second kappa shape index (κ2) is 3.12. The number of nitrogens with zero attached hydrogens (tertiary/aromatic N) is 2. The molecule has 0 aliphatic rings. The summed E-state index contributed by atoms with van der Waals surface area (Å²) in [5.74, 6) is 0. The van der Waals surface area contributed by atoms with Gasteiger partial charge in [0.05, 0.1) is 4.88 Å². The Morgan fingerprint density at radius 1 is 1.73 bits per heavy atom. The topological polar surface area (TPSA) is 66.9 Å². The Kier molecular flexibility index (Phi) is 2.18. The number of rotatable bonds is 2. The zero-order valence-electron chi connectivity index (χ0n) is 5.48. The number of nitro groups is 1. The first-order chi connectivity index (χ1) is 5.22. The summed E-state index contributed by atoms with van der Waals surface area (Å²) in [5.41, 5.74) is 0. The highest BCUT2D eigenvalue weighted by Gasteiger charge is 2.04. The molecule has 11 heavy (non-hydrogen) atoms. The van der Waals surface area contributed by atoms with Crippen molar-refractivity contribution in [3.05, 3.63) is 32.0 Å². The molecule has 0 aliphatic carbocycles. The summed E-state index contributed by atoms with van der Waals surface area (Å²) >= 11 is 1.16. The molecule has 5 heteroatoms. The van der Waals surface area contributed by atoms with Gasteiger partial charge >= 0.3 is 0 Å². The van der Waals surface area contributed by atoms with Crippen molar-refractivity contribution >= 4 is 11.3 Å². The van der Waals surface area contributed by atoms with Crippen molar-refractivity contribution in [1.29, 1.82) is 5.26 Å². The van der Waals surface area contributed by atoms with E-state index in [4.69, 9.17) is 5.26 Å². The molecule has 1 rings (SSSR count). The number of thiophene rings is 1. The molecule has 56 valence electrons. The summed E-state index contributed by atoms with van der Waals surface area (Å²) in [6.45, 7) is -0.188. The van der Waals surface area contributed by atoms with Gasteiger partial charge in [-0.25, -0.2) is 0 Å². The van der Waals surface area contributed by atoms with Crippen molar-refractivity contribution < 1.29 is 4.92 Å². The fourth-order valence-electron chi connectivity index (χ4n) is 0.650. The molecule has 0 saturated heterocycles. The minimum absolute atomic E-state index is 0.188. The van der Waals surface area contributed by atoms with Gasteiger partial charge < -0.3 is 0 Å². The van der Waals surface area contributed by atoms with Crippen LogP contribution < -0.4 is 0 Å². The fourth-order valence-corrected chi connectivity index (χ4v) is 1.42. The van der Waals surface area contributed by atoms with Crippen LogP contribution >= 0.6 is 11.3 Å². The maximum absolute atomic E-state index is 10.00. The van der Waals surface area contributed by atoms with E-state index in [-0.39, 0.29) is 6.54 Å². The van der Waals surface area contributed by atoms with Gasteiger partial charge in [-0.15, -0.1) is 11.3 Å². The molecule has 0 aromatic carbocycles. The second-order valence-corrected chi connectivity index (χ2v) is 3.04. The van der Waals surface area contributed by atoms with Gasteiger partial charge in [-0.1, -0.05) is 0 Å². The van der Waals surface area contributed by atoms with Crippen LogP contribution in [0.3, 0.4) is 0 Å². The van der Waals surface area contributed by atoms with Gasteiger partial charge in [0.15, 0.2) is 0 Å². The standard InChI is InChI=1S/C6H4N2O2S/c7-3-5-1-2-6(11-5)4-8(9)10/h1-2H,4H2. The van der Waals surface area contributed by atoms with Gasteiger partial charge in [0.25, 0.3) is 0 Å². The second-order valence-electron chi connectivity index (χ2n) is 1.87. The highest BCUT2D eigenvalue weighted by Crippen LogP contribution is 2.15. The van der Waals surface area contributed by atoms with Gasteiger partial charge in [0, 0.05) is 4.92 Å². The Bertz CT molecular complexity index is 313. The van der Waals surface area contributed by atoms with Crippen LogP contribution in [0.15, 0.2) is 12.1 Å². The molecular formula is C6H4N2O2S. The van der Waals surface area contributed by atoms with Crippen LogP contribution in [0.25, 0.3) is 0 Å². The average molecular weight is 168 g/mol. The third kappa shape index (κ3) is 2.02. The van der Waals surface area contributed by atoms with Crippen LogP contribution in [0.5, 0.6) is 0 Å². The number of hydrogen-bond donors (Lipinski definition) is 0. The van der Waals surface area contributed by atoms with E-state index in [1.807, 2.05) is 6.07 Å². The fraction of sp³-hybridized carbons (Fsp3) is 0.167. The minimum atomic E-state index is -0.410. The van der Waals surface area contributed by atoms with E-state index in [9.17, 15) is 10.1 Å². The lowest BCUT2D eigenvalue weighted by Crippen LogP contribution is -1.94.